The Labute approximate surface area is 235 Å². The predicted molar refractivity (Wildman–Crippen MR) is 153 cm³/mol. The molecule has 0 aliphatic rings. The zero-order chi connectivity index (χ0) is 28.8. The molecule has 2 amide bonds. The molecule has 0 saturated carbocycles. The summed E-state index contributed by atoms with van der Waals surface area (Å²) >= 11 is 6.21. The van der Waals surface area contributed by atoms with E-state index in [0.717, 1.165) is 5.69 Å². The zero-order valence-electron chi connectivity index (χ0n) is 21.9. The molecule has 2 aromatic carbocycles. The molecule has 2 aromatic heterocycles. The number of aryl methyl sites for hydroxylation is 1. The number of ketones is 1. The fourth-order valence-electron chi connectivity index (χ4n) is 4.36. The molecule has 4 rings (SSSR count). The van der Waals surface area contributed by atoms with Crippen molar-refractivity contribution in [3.05, 3.63) is 111 Å². The van der Waals surface area contributed by atoms with E-state index < -0.39 is 23.4 Å². The quantitative estimate of drug-likeness (QED) is 0.271. The lowest BCUT2D eigenvalue weighted by Gasteiger charge is -2.22. The van der Waals surface area contributed by atoms with Gasteiger partial charge in [-0.05, 0) is 79.9 Å². The third-order valence-electron chi connectivity index (χ3n) is 6.39. The first-order valence-corrected chi connectivity index (χ1v) is 12.8. The van der Waals surface area contributed by atoms with E-state index in [0.29, 0.717) is 39.4 Å². The van der Waals surface area contributed by atoms with Crippen molar-refractivity contribution in [2.75, 3.05) is 12.4 Å². The Hall–Kier alpha value is -4.76. The molecule has 0 aliphatic heterocycles. The molecule has 2 heterocycles. The fraction of sp³-hybridized carbons (Fsp3) is 0.167. The lowest BCUT2D eigenvalue weighted by Crippen LogP contribution is -2.33. The Bertz CT molecular complexity index is 1620. The lowest BCUT2D eigenvalue weighted by molar-refractivity contribution is -0.119. The van der Waals surface area contributed by atoms with Crippen molar-refractivity contribution >= 4 is 34.9 Å². The Morgan fingerprint density at radius 2 is 1.80 bits per heavy atom. The number of hydrogen-bond acceptors (Lipinski definition) is 6. The number of aromatic nitrogens is 2. The number of anilines is 1. The van der Waals surface area contributed by atoms with Crippen LogP contribution in [0, 0.1) is 0 Å². The van der Waals surface area contributed by atoms with Gasteiger partial charge >= 0.3 is 0 Å². The first kappa shape index (κ1) is 28.3. The molecule has 0 saturated heterocycles. The predicted octanol–water partition coefficient (Wildman–Crippen LogP) is 4.69. The van der Waals surface area contributed by atoms with Crippen molar-refractivity contribution in [1.29, 1.82) is 0 Å². The maximum Gasteiger partial charge on any atom is 0.252 e. The highest BCUT2D eigenvalue weighted by Crippen LogP contribution is 2.34. The second kappa shape index (κ2) is 12.4. The van der Waals surface area contributed by atoms with Gasteiger partial charge in [0.1, 0.15) is 11.8 Å². The third-order valence-corrected chi connectivity index (χ3v) is 6.63. The van der Waals surface area contributed by atoms with Gasteiger partial charge in [0, 0.05) is 45.4 Å². The number of rotatable bonds is 10. The van der Waals surface area contributed by atoms with Crippen LogP contribution in [0.15, 0.2) is 83.9 Å². The standard InChI is InChI=1S/C30H27ClN4O5/c1-18(36)23-12-8-20(31)15-24(23)25-16-28(37)35(17-27(25)40-2)26(13-11-21-5-3-4-14-33-21)30(39)34-22-9-6-19(7-10-22)29(32)38/h3-10,12,14-17,26H,11,13H2,1-2H3,(H2,32,38)(H,34,39)/t26-/m0/s1. The van der Waals surface area contributed by atoms with Crippen molar-refractivity contribution in [2.24, 2.45) is 5.73 Å². The van der Waals surface area contributed by atoms with Crippen molar-refractivity contribution in [3.63, 3.8) is 0 Å². The topological polar surface area (TPSA) is 133 Å². The molecule has 9 nitrogen and oxygen atoms in total. The van der Waals surface area contributed by atoms with Crippen LogP contribution in [0.5, 0.6) is 5.75 Å². The summed E-state index contributed by atoms with van der Waals surface area (Å²) in [5.41, 5.74) is 7.52. The van der Waals surface area contributed by atoms with Crippen molar-refractivity contribution in [1.82, 2.24) is 9.55 Å². The minimum atomic E-state index is -0.945. The van der Waals surface area contributed by atoms with E-state index in [1.807, 2.05) is 12.1 Å². The van der Waals surface area contributed by atoms with Crippen LogP contribution in [0.4, 0.5) is 5.69 Å². The average molecular weight is 559 g/mol. The van der Waals surface area contributed by atoms with E-state index in [4.69, 9.17) is 22.1 Å². The number of methoxy groups -OCH3 is 1. The Morgan fingerprint density at radius 3 is 2.42 bits per heavy atom. The smallest absolute Gasteiger partial charge is 0.252 e. The van der Waals surface area contributed by atoms with E-state index in [1.54, 1.807) is 42.6 Å². The Morgan fingerprint density at radius 1 is 1.05 bits per heavy atom. The van der Waals surface area contributed by atoms with Gasteiger partial charge in [-0.15, -0.1) is 0 Å². The van der Waals surface area contributed by atoms with Gasteiger partial charge in [0.05, 0.1) is 13.3 Å². The van der Waals surface area contributed by atoms with Crippen molar-refractivity contribution < 1.29 is 19.1 Å². The molecule has 0 aliphatic carbocycles. The number of benzene rings is 2. The first-order chi connectivity index (χ1) is 19.2. The molecule has 0 radical (unpaired) electrons. The number of amides is 2. The van der Waals surface area contributed by atoms with Crippen molar-refractivity contribution in [2.45, 2.75) is 25.8 Å². The molecule has 1 atom stereocenters. The summed E-state index contributed by atoms with van der Waals surface area (Å²) < 4.78 is 6.92. The van der Waals surface area contributed by atoms with Crippen LogP contribution in [0.3, 0.4) is 0 Å². The van der Waals surface area contributed by atoms with Gasteiger partial charge in [-0.3, -0.25) is 28.7 Å². The number of pyridine rings is 2. The Kier molecular flexibility index (Phi) is 8.76. The van der Waals surface area contributed by atoms with Crippen LogP contribution in [0.1, 0.15) is 45.8 Å². The van der Waals surface area contributed by atoms with Crippen LogP contribution < -0.4 is 21.3 Å². The van der Waals surface area contributed by atoms with E-state index in [1.165, 1.54) is 43.0 Å². The van der Waals surface area contributed by atoms with Crippen LogP contribution in [0.25, 0.3) is 11.1 Å². The summed E-state index contributed by atoms with van der Waals surface area (Å²) in [6, 6.07) is 16.8. The third kappa shape index (κ3) is 6.44. The van der Waals surface area contributed by atoms with Gasteiger partial charge < -0.3 is 15.8 Å². The maximum atomic E-state index is 13.6. The van der Waals surface area contributed by atoms with Gasteiger partial charge in [-0.2, -0.15) is 0 Å². The van der Waals surface area contributed by atoms with Gasteiger partial charge in [0.2, 0.25) is 11.8 Å². The van der Waals surface area contributed by atoms with Crippen LogP contribution >= 0.6 is 11.6 Å². The van der Waals surface area contributed by atoms with Crippen LogP contribution in [0.2, 0.25) is 5.02 Å². The highest BCUT2D eigenvalue weighted by molar-refractivity contribution is 6.31. The molecule has 0 bridgehead atoms. The molecule has 10 heteroatoms. The van der Waals surface area contributed by atoms with Gasteiger partial charge in [-0.25, -0.2) is 0 Å². The lowest BCUT2D eigenvalue weighted by atomic mass is 9.97. The average Bonchev–Trinajstić information content (AvgIpc) is 2.94. The molecule has 0 fully saturated rings. The molecular formula is C30H27ClN4O5. The normalized spacial score (nSPS) is 11.5. The number of halogens is 1. The van der Waals surface area contributed by atoms with Gasteiger partial charge in [-0.1, -0.05) is 17.7 Å². The SMILES string of the molecule is COc1cn([C@@H](CCc2ccccn2)C(=O)Nc2ccc(C(N)=O)cc2)c(=O)cc1-c1cc(Cl)ccc1C(C)=O. The second-order valence-electron chi connectivity index (χ2n) is 9.05. The number of ether oxygens (including phenoxy) is 1. The van der Waals surface area contributed by atoms with Crippen LogP contribution in [-0.4, -0.2) is 34.3 Å². The summed E-state index contributed by atoms with van der Waals surface area (Å²) in [7, 11) is 1.44. The molecule has 3 N–H and O–H groups in total. The van der Waals surface area contributed by atoms with Gasteiger partial charge in [0.15, 0.2) is 5.78 Å². The highest BCUT2D eigenvalue weighted by atomic mass is 35.5. The first-order valence-electron chi connectivity index (χ1n) is 12.4. The van der Waals surface area contributed by atoms with Gasteiger partial charge in [0.25, 0.3) is 5.56 Å². The summed E-state index contributed by atoms with van der Waals surface area (Å²) in [5.74, 6) is -0.956. The highest BCUT2D eigenvalue weighted by Gasteiger charge is 2.25. The number of hydrogen-bond donors (Lipinski definition) is 2. The monoisotopic (exact) mass is 558 g/mol. The number of nitrogens with zero attached hydrogens (tertiary/aromatic N) is 2. The largest absolute Gasteiger partial charge is 0.495 e. The minimum absolute atomic E-state index is 0.201. The summed E-state index contributed by atoms with van der Waals surface area (Å²) in [5, 5.41) is 3.20. The number of nitrogens with two attached hydrogens (primary N) is 1. The van der Waals surface area contributed by atoms with E-state index in [-0.39, 0.29) is 18.0 Å². The second-order valence-corrected chi connectivity index (χ2v) is 9.49. The number of nitrogens with one attached hydrogen (secondary N) is 1. The molecule has 0 unspecified atom stereocenters. The summed E-state index contributed by atoms with van der Waals surface area (Å²) in [6.45, 7) is 1.42. The van der Waals surface area contributed by atoms with Crippen molar-refractivity contribution in [3.8, 4) is 16.9 Å². The van der Waals surface area contributed by atoms with E-state index in [9.17, 15) is 19.2 Å². The van der Waals surface area contributed by atoms with E-state index >= 15 is 0 Å². The Balaban J connectivity index is 1.75. The van der Waals surface area contributed by atoms with Crippen LogP contribution in [-0.2, 0) is 11.2 Å². The molecule has 40 heavy (non-hydrogen) atoms. The molecule has 4 aromatic rings. The fourth-order valence-corrected chi connectivity index (χ4v) is 4.53. The number of carbonyl (C=O) groups is 3. The number of primary amides is 1. The molecular weight excluding hydrogens is 532 g/mol. The number of carbonyl (C=O) groups excluding carboxylic acids is 3. The molecule has 0 spiro atoms. The van der Waals surface area contributed by atoms with E-state index in [2.05, 4.69) is 10.3 Å². The zero-order valence-corrected chi connectivity index (χ0v) is 22.6. The number of Topliss-reactive ketones (excluding diaryl/α,β-unsaturated/α-hetero) is 1. The summed E-state index contributed by atoms with van der Waals surface area (Å²) in [6.07, 6.45) is 3.78. The molecule has 204 valence electrons. The maximum absolute atomic E-state index is 13.6. The minimum Gasteiger partial charge on any atom is -0.495 e. The summed E-state index contributed by atoms with van der Waals surface area (Å²) in [4.78, 5) is 55.1.